The lowest BCUT2D eigenvalue weighted by Gasteiger charge is -2.30. The maximum atomic E-state index is 12.8. The number of anilines is 1. The normalized spacial score (nSPS) is 16.7. The van der Waals surface area contributed by atoms with Gasteiger partial charge in [0.1, 0.15) is 6.54 Å². The second-order valence-corrected chi connectivity index (χ2v) is 8.02. The van der Waals surface area contributed by atoms with E-state index in [2.05, 4.69) is 5.32 Å². The minimum atomic E-state index is -0.213. The van der Waals surface area contributed by atoms with Crippen LogP contribution in [0.1, 0.15) is 36.0 Å². The highest BCUT2D eigenvalue weighted by atomic mass is 32.2. The number of carbonyl (C=O) groups excluding carboxylic acids is 3. The van der Waals surface area contributed by atoms with Gasteiger partial charge in [-0.1, -0.05) is 0 Å². The summed E-state index contributed by atoms with van der Waals surface area (Å²) in [4.78, 5) is 41.8. The molecule has 28 heavy (non-hydrogen) atoms. The van der Waals surface area contributed by atoms with Crippen molar-refractivity contribution in [2.75, 3.05) is 50.5 Å². The zero-order chi connectivity index (χ0) is 19.9. The monoisotopic (exact) mass is 405 g/mol. The van der Waals surface area contributed by atoms with Crippen LogP contribution in [0.5, 0.6) is 0 Å². The number of likely N-dealkylation sites (tertiary alicyclic amines) is 1. The molecule has 1 saturated heterocycles. The molecular formula is C20H27N3O4S. The van der Waals surface area contributed by atoms with E-state index in [0.717, 1.165) is 43.7 Å². The molecule has 0 radical (unpaired) electrons. The van der Waals surface area contributed by atoms with Crippen molar-refractivity contribution in [3.05, 3.63) is 23.8 Å². The Bertz CT molecular complexity index is 734. The van der Waals surface area contributed by atoms with Gasteiger partial charge in [0.05, 0.1) is 11.4 Å². The summed E-state index contributed by atoms with van der Waals surface area (Å²) in [6.45, 7) is 2.59. The number of piperidine rings is 1. The van der Waals surface area contributed by atoms with Crippen molar-refractivity contribution in [1.29, 1.82) is 0 Å². The molecule has 0 unspecified atom stereocenters. The predicted octanol–water partition coefficient (Wildman–Crippen LogP) is 1.90. The Morgan fingerprint density at radius 1 is 1.21 bits per heavy atom. The molecule has 152 valence electrons. The van der Waals surface area contributed by atoms with Gasteiger partial charge >= 0.3 is 0 Å². The minimum Gasteiger partial charge on any atom is -0.385 e. The number of benzene rings is 1. The van der Waals surface area contributed by atoms with Crippen LogP contribution in [0, 0.1) is 0 Å². The van der Waals surface area contributed by atoms with E-state index in [4.69, 9.17) is 4.74 Å². The van der Waals surface area contributed by atoms with Crippen molar-refractivity contribution in [2.24, 2.45) is 0 Å². The Morgan fingerprint density at radius 3 is 2.75 bits per heavy atom. The molecule has 1 aromatic rings. The molecule has 0 atom stereocenters. The van der Waals surface area contributed by atoms with E-state index < -0.39 is 0 Å². The second kappa shape index (κ2) is 9.93. The molecule has 2 heterocycles. The highest BCUT2D eigenvalue weighted by Gasteiger charge is 2.28. The summed E-state index contributed by atoms with van der Waals surface area (Å²) in [7, 11) is 1.62. The number of methoxy groups -OCH3 is 1. The molecule has 2 aliphatic heterocycles. The number of carbonyl (C=O) groups is 3. The Balaban J connectivity index is 1.72. The van der Waals surface area contributed by atoms with Gasteiger partial charge in [-0.25, -0.2) is 0 Å². The molecule has 1 N–H and O–H groups in total. The molecule has 1 aromatic carbocycles. The lowest BCUT2D eigenvalue weighted by atomic mass is 10.1. The maximum Gasteiger partial charge on any atom is 0.253 e. The number of ether oxygens (including phenoxy) is 1. The molecule has 0 spiro atoms. The van der Waals surface area contributed by atoms with Crippen LogP contribution in [0.15, 0.2) is 23.1 Å². The van der Waals surface area contributed by atoms with Gasteiger partial charge in [0, 0.05) is 43.8 Å². The largest absolute Gasteiger partial charge is 0.385 e. The SMILES string of the molecule is COCCCNC(=O)CN1C(=O)CSc2ccc(C(=O)N3CCCCC3)cc21. The van der Waals surface area contributed by atoms with Crippen LogP contribution < -0.4 is 10.2 Å². The number of hydrogen-bond acceptors (Lipinski definition) is 5. The number of hydrogen-bond donors (Lipinski definition) is 1. The lowest BCUT2D eigenvalue weighted by Crippen LogP contribution is -2.43. The molecule has 3 amide bonds. The molecule has 1 fully saturated rings. The van der Waals surface area contributed by atoms with Crippen LogP contribution in [0.25, 0.3) is 0 Å². The first-order chi connectivity index (χ1) is 13.6. The third-order valence-electron chi connectivity index (χ3n) is 4.94. The predicted molar refractivity (Wildman–Crippen MR) is 109 cm³/mol. The van der Waals surface area contributed by atoms with E-state index in [1.165, 1.54) is 16.7 Å². The number of rotatable bonds is 7. The third-order valence-corrected chi connectivity index (χ3v) is 5.99. The average molecular weight is 406 g/mol. The summed E-state index contributed by atoms with van der Waals surface area (Å²) in [5, 5.41) is 2.81. The Labute approximate surface area is 169 Å². The number of thioether (sulfide) groups is 1. The fraction of sp³-hybridized carbons (Fsp3) is 0.550. The first-order valence-corrected chi connectivity index (χ1v) is 10.7. The number of fused-ring (bicyclic) bond motifs is 1. The topological polar surface area (TPSA) is 79.0 Å². The highest BCUT2D eigenvalue weighted by molar-refractivity contribution is 8.00. The van der Waals surface area contributed by atoms with Crippen molar-refractivity contribution in [3.63, 3.8) is 0 Å². The van der Waals surface area contributed by atoms with Gasteiger partial charge in [-0.3, -0.25) is 14.4 Å². The van der Waals surface area contributed by atoms with E-state index in [0.29, 0.717) is 30.2 Å². The van der Waals surface area contributed by atoms with Crippen LogP contribution in [0.4, 0.5) is 5.69 Å². The van der Waals surface area contributed by atoms with Gasteiger partial charge < -0.3 is 19.9 Å². The molecule has 0 aromatic heterocycles. The molecule has 0 saturated carbocycles. The molecule has 7 nitrogen and oxygen atoms in total. The number of nitrogens with zero attached hydrogens (tertiary/aromatic N) is 2. The van der Waals surface area contributed by atoms with Crippen molar-refractivity contribution in [3.8, 4) is 0 Å². The molecule has 3 rings (SSSR count). The smallest absolute Gasteiger partial charge is 0.253 e. The maximum absolute atomic E-state index is 12.8. The fourth-order valence-corrected chi connectivity index (χ4v) is 4.35. The summed E-state index contributed by atoms with van der Waals surface area (Å²) in [6, 6.07) is 5.46. The molecule has 8 heteroatoms. The van der Waals surface area contributed by atoms with Crippen LogP contribution >= 0.6 is 11.8 Å². The summed E-state index contributed by atoms with van der Waals surface area (Å²) < 4.78 is 4.97. The highest BCUT2D eigenvalue weighted by Crippen LogP contribution is 2.36. The lowest BCUT2D eigenvalue weighted by molar-refractivity contribution is -0.123. The van der Waals surface area contributed by atoms with E-state index in [1.807, 2.05) is 17.0 Å². The van der Waals surface area contributed by atoms with Gasteiger partial charge in [0.25, 0.3) is 5.91 Å². The van der Waals surface area contributed by atoms with Gasteiger partial charge in [0.15, 0.2) is 0 Å². The fourth-order valence-electron chi connectivity index (χ4n) is 3.43. The molecule has 0 bridgehead atoms. The van der Waals surface area contributed by atoms with Crippen molar-refractivity contribution >= 4 is 35.2 Å². The van der Waals surface area contributed by atoms with Gasteiger partial charge in [-0.2, -0.15) is 0 Å². The van der Waals surface area contributed by atoms with Gasteiger partial charge in [0.2, 0.25) is 11.8 Å². The van der Waals surface area contributed by atoms with Gasteiger partial charge in [-0.15, -0.1) is 11.8 Å². The van der Waals surface area contributed by atoms with Crippen molar-refractivity contribution in [1.82, 2.24) is 10.2 Å². The van der Waals surface area contributed by atoms with Crippen LogP contribution in [-0.2, 0) is 14.3 Å². The van der Waals surface area contributed by atoms with E-state index in [-0.39, 0.29) is 24.3 Å². The Kier molecular flexibility index (Phi) is 7.33. The van der Waals surface area contributed by atoms with Crippen LogP contribution in [0.2, 0.25) is 0 Å². The first-order valence-electron chi connectivity index (χ1n) is 9.72. The standard InChI is InChI=1S/C20H27N3O4S/c1-27-11-5-8-21-18(24)13-23-16-12-15(6-7-17(16)28-14-19(23)25)20(26)22-9-3-2-4-10-22/h6-7,12H,2-5,8-11,13-14H2,1H3,(H,21,24). The van der Waals surface area contributed by atoms with E-state index in [1.54, 1.807) is 13.2 Å². The summed E-state index contributed by atoms with van der Waals surface area (Å²) in [5.74, 6) is -0.0414. The minimum absolute atomic E-state index is 0.00510. The summed E-state index contributed by atoms with van der Waals surface area (Å²) in [6.07, 6.45) is 3.93. The quantitative estimate of drug-likeness (QED) is 0.701. The number of nitrogens with one attached hydrogen (secondary N) is 1. The van der Waals surface area contributed by atoms with Crippen LogP contribution in [0.3, 0.4) is 0 Å². The van der Waals surface area contributed by atoms with Crippen LogP contribution in [-0.4, -0.2) is 68.3 Å². The molecule has 0 aliphatic carbocycles. The van der Waals surface area contributed by atoms with E-state index >= 15 is 0 Å². The zero-order valence-electron chi connectivity index (χ0n) is 16.2. The van der Waals surface area contributed by atoms with E-state index in [9.17, 15) is 14.4 Å². The average Bonchev–Trinajstić information content (AvgIpc) is 2.73. The zero-order valence-corrected chi connectivity index (χ0v) is 17.1. The Morgan fingerprint density at radius 2 is 2.00 bits per heavy atom. The summed E-state index contributed by atoms with van der Waals surface area (Å²) in [5.41, 5.74) is 1.22. The van der Waals surface area contributed by atoms with Crippen molar-refractivity contribution < 1.29 is 19.1 Å². The van der Waals surface area contributed by atoms with Crippen molar-refractivity contribution in [2.45, 2.75) is 30.6 Å². The third kappa shape index (κ3) is 5.05. The number of amides is 3. The second-order valence-electron chi connectivity index (χ2n) is 7.00. The first kappa shape index (κ1) is 20.7. The van der Waals surface area contributed by atoms with Gasteiger partial charge in [-0.05, 0) is 43.9 Å². The molecular weight excluding hydrogens is 378 g/mol. The summed E-state index contributed by atoms with van der Waals surface area (Å²) >= 11 is 1.44. The molecule has 2 aliphatic rings. The Hall–Kier alpha value is -2.06.